The van der Waals surface area contributed by atoms with Crippen LogP contribution in [0.3, 0.4) is 0 Å². The van der Waals surface area contributed by atoms with Crippen molar-refractivity contribution in [3.05, 3.63) is 29.8 Å². The lowest BCUT2D eigenvalue weighted by atomic mass is 9.90. The van der Waals surface area contributed by atoms with Crippen molar-refractivity contribution in [1.82, 2.24) is 26.4 Å². The highest BCUT2D eigenvalue weighted by Gasteiger charge is 2.45. The summed E-state index contributed by atoms with van der Waals surface area (Å²) in [6, 6.07) is 10.5. The zero-order chi connectivity index (χ0) is 21.6. The molecule has 1 aromatic rings. The third-order valence-corrected chi connectivity index (χ3v) is 6.63. The Hall–Kier alpha value is -2.22. The van der Waals surface area contributed by atoms with E-state index in [-0.39, 0.29) is 36.9 Å². The number of aryl methyl sites for hydroxylation is 1. The van der Waals surface area contributed by atoms with Crippen molar-refractivity contribution in [2.24, 2.45) is 11.8 Å². The number of nitrogens with one attached hydrogen (secondary N) is 5. The molecular formula is C22H33N7O2. The topological polar surface area (TPSA) is 124 Å². The second-order valence-corrected chi connectivity index (χ2v) is 8.73. The number of fused-ring (bicyclic) bond motifs is 1. The quantitative estimate of drug-likeness (QED) is 0.361. The van der Waals surface area contributed by atoms with Crippen LogP contribution >= 0.6 is 0 Å². The number of nitrogens with zero attached hydrogens (tertiary/aromatic N) is 2. The minimum Gasteiger partial charge on any atom is -0.396 e. The van der Waals surface area contributed by atoms with Gasteiger partial charge in [-0.2, -0.15) is 5.26 Å². The van der Waals surface area contributed by atoms with E-state index in [1.165, 1.54) is 5.56 Å². The molecule has 3 aliphatic heterocycles. The van der Waals surface area contributed by atoms with E-state index in [2.05, 4.69) is 49.9 Å². The zero-order valence-corrected chi connectivity index (χ0v) is 17.8. The number of rotatable bonds is 7. The first-order valence-corrected chi connectivity index (χ1v) is 11.3. The number of hydrogen-bond acceptors (Lipinski definition) is 8. The number of amides is 1. The SMILES string of the molecule is N#CCC1CCN(C2NC3CNNC(=O)C3C(Nc3ccc(CCCO)cc3)N2)CC1. The van der Waals surface area contributed by atoms with E-state index < -0.39 is 0 Å². The van der Waals surface area contributed by atoms with E-state index in [1.54, 1.807) is 0 Å². The number of carbonyl (C=O) groups is 1. The largest absolute Gasteiger partial charge is 0.396 e. The van der Waals surface area contributed by atoms with Crippen molar-refractivity contribution in [1.29, 1.82) is 5.26 Å². The summed E-state index contributed by atoms with van der Waals surface area (Å²) in [4.78, 5) is 15.0. The molecule has 3 saturated heterocycles. The summed E-state index contributed by atoms with van der Waals surface area (Å²) in [5, 5.41) is 28.7. The molecule has 4 atom stereocenters. The number of nitriles is 1. The summed E-state index contributed by atoms with van der Waals surface area (Å²) >= 11 is 0. The molecule has 0 saturated carbocycles. The van der Waals surface area contributed by atoms with Gasteiger partial charge in [0.15, 0.2) is 0 Å². The molecule has 4 unspecified atom stereocenters. The summed E-state index contributed by atoms with van der Waals surface area (Å²) in [5.41, 5.74) is 7.92. The first-order chi connectivity index (χ1) is 15.2. The van der Waals surface area contributed by atoms with Crippen LogP contribution in [0.2, 0.25) is 0 Å². The summed E-state index contributed by atoms with van der Waals surface area (Å²) in [5.74, 6) is 0.208. The van der Waals surface area contributed by atoms with Gasteiger partial charge in [0, 0.05) is 44.4 Å². The molecule has 0 spiro atoms. The van der Waals surface area contributed by atoms with Crippen LogP contribution in [0.4, 0.5) is 5.69 Å². The lowest BCUT2D eigenvalue weighted by Gasteiger charge is -2.49. The van der Waals surface area contributed by atoms with Gasteiger partial charge in [0.25, 0.3) is 0 Å². The Bertz CT molecular complexity index is 773. The predicted molar refractivity (Wildman–Crippen MR) is 117 cm³/mol. The van der Waals surface area contributed by atoms with Gasteiger partial charge in [-0.05, 0) is 49.3 Å². The fourth-order valence-corrected chi connectivity index (χ4v) is 4.83. The number of likely N-dealkylation sites (tertiary alicyclic amines) is 1. The predicted octanol–water partition coefficient (Wildman–Crippen LogP) is 0.0708. The molecule has 31 heavy (non-hydrogen) atoms. The zero-order valence-electron chi connectivity index (χ0n) is 17.8. The maximum absolute atomic E-state index is 12.6. The number of benzene rings is 1. The number of carbonyl (C=O) groups excluding carboxylic acids is 1. The summed E-state index contributed by atoms with van der Waals surface area (Å²) in [7, 11) is 0. The fraction of sp³-hybridized carbons (Fsp3) is 0.636. The molecule has 0 aliphatic carbocycles. The van der Waals surface area contributed by atoms with E-state index in [0.717, 1.165) is 44.5 Å². The van der Waals surface area contributed by atoms with Gasteiger partial charge < -0.3 is 10.4 Å². The first kappa shape index (κ1) is 22.0. The normalized spacial score (nSPS) is 29.6. The van der Waals surface area contributed by atoms with Crippen LogP contribution in [0, 0.1) is 23.2 Å². The highest BCUT2D eigenvalue weighted by molar-refractivity contribution is 5.81. The average molecular weight is 428 g/mol. The summed E-state index contributed by atoms with van der Waals surface area (Å²) < 4.78 is 0. The number of anilines is 1. The van der Waals surface area contributed by atoms with Gasteiger partial charge in [0.2, 0.25) is 5.91 Å². The van der Waals surface area contributed by atoms with Crippen molar-refractivity contribution in [3.8, 4) is 6.07 Å². The smallest absolute Gasteiger partial charge is 0.242 e. The molecule has 1 aromatic carbocycles. The Morgan fingerprint density at radius 1 is 1.19 bits per heavy atom. The van der Waals surface area contributed by atoms with Gasteiger partial charge in [0.1, 0.15) is 6.29 Å². The molecule has 4 rings (SSSR count). The molecule has 9 heteroatoms. The van der Waals surface area contributed by atoms with E-state index in [0.29, 0.717) is 18.9 Å². The molecule has 0 radical (unpaired) electrons. The third kappa shape index (κ3) is 5.34. The maximum Gasteiger partial charge on any atom is 0.242 e. The minimum absolute atomic E-state index is 0.0122. The summed E-state index contributed by atoms with van der Waals surface area (Å²) in [6.07, 6.45) is 4.04. The second kappa shape index (κ2) is 10.4. The fourth-order valence-electron chi connectivity index (χ4n) is 4.83. The Morgan fingerprint density at radius 2 is 1.97 bits per heavy atom. The standard InChI is InChI=1S/C22H33N7O2/c23-10-7-16-8-11-29(12-9-16)22-26-18-14-24-28-21(31)19(18)20(27-22)25-17-5-3-15(4-6-17)2-1-13-30/h3-6,16,18-20,22,24-27,30H,1-2,7-9,11-14H2,(H,28,31). The van der Waals surface area contributed by atoms with Crippen molar-refractivity contribution in [3.63, 3.8) is 0 Å². The highest BCUT2D eigenvalue weighted by Crippen LogP contribution is 2.25. The van der Waals surface area contributed by atoms with Crippen molar-refractivity contribution >= 4 is 11.6 Å². The van der Waals surface area contributed by atoms with Gasteiger partial charge in [0.05, 0.1) is 18.2 Å². The Kier molecular flexibility index (Phi) is 7.37. The van der Waals surface area contributed by atoms with Crippen molar-refractivity contribution in [2.75, 3.05) is 31.6 Å². The molecule has 1 amide bonds. The van der Waals surface area contributed by atoms with Crippen LogP contribution in [-0.4, -0.2) is 60.7 Å². The van der Waals surface area contributed by atoms with Crippen LogP contribution in [0.1, 0.15) is 31.2 Å². The van der Waals surface area contributed by atoms with Crippen molar-refractivity contribution < 1.29 is 9.90 Å². The van der Waals surface area contributed by atoms with Crippen LogP contribution in [0.15, 0.2) is 24.3 Å². The van der Waals surface area contributed by atoms with Crippen LogP contribution < -0.4 is 26.8 Å². The molecule has 0 bridgehead atoms. The average Bonchev–Trinajstić information content (AvgIpc) is 2.79. The molecule has 3 heterocycles. The van der Waals surface area contributed by atoms with Gasteiger partial charge >= 0.3 is 0 Å². The van der Waals surface area contributed by atoms with Crippen LogP contribution in [0.25, 0.3) is 0 Å². The maximum atomic E-state index is 12.6. The number of hydrazine groups is 1. The van der Waals surface area contributed by atoms with Gasteiger partial charge in [-0.3, -0.25) is 25.8 Å². The number of aliphatic hydroxyl groups excluding tert-OH is 1. The summed E-state index contributed by atoms with van der Waals surface area (Å²) in [6.45, 7) is 2.72. The monoisotopic (exact) mass is 427 g/mol. The van der Waals surface area contributed by atoms with Crippen LogP contribution in [-0.2, 0) is 11.2 Å². The highest BCUT2D eigenvalue weighted by atomic mass is 16.3. The number of piperidine rings is 1. The third-order valence-electron chi connectivity index (χ3n) is 6.63. The number of aliphatic hydroxyl groups is 1. The van der Waals surface area contributed by atoms with Gasteiger partial charge in [-0.25, -0.2) is 5.43 Å². The van der Waals surface area contributed by atoms with Crippen molar-refractivity contribution in [2.45, 2.75) is 50.6 Å². The second-order valence-electron chi connectivity index (χ2n) is 8.73. The van der Waals surface area contributed by atoms with Gasteiger partial charge in [-0.15, -0.1) is 0 Å². The Morgan fingerprint density at radius 3 is 2.68 bits per heavy atom. The molecule has 9 nitrogen and oxygen atoms in total. The lowest BCUT2D eigenvalue weighted by Crippen LogP contribution is -2.77. The Balaban J connectivity index is 1.44. The molecule has 3 aliphatic rings. The minimum atomic E-state index is -0.248. The molecular weight excluding hydrogens is 394 g/mol. The van der Waals surface area contributed by atoms with E-state index in [1.807, 2.05) is 12.1 Å². The van der Waals surface area contributed by atoms with Gasteiger partial charge in [-0.1, -0.05) is 12.1 Å². The molecule has 6 N–H and O–H groups in total. The van der Waals surface area contributed by atoms with Crippen LogP contribution in [0.5, 0.6) is 0 Å². The first-order valence-electron chi connectivity index (χ1n) is 11.3. The molecule has 0 aromatic heterocycles. The van der Waals surface area contributed by atoms with E-state index >= 15 is 0 Å². The lowest BCUT2D eigenvalue weighted by molar-refractivity contribution is -0.132. The van der Waals surface area contributed by atoms with E-state index in [9.17, 15) is 4.79 Å². The number of hydrogen-bond donors (Lipinski definition) is 6. The van der Waals surface area contributed by atoms with E-state index in [4.69, 9.17) is 10.4 Å². The molecule has 168 valence electrons. The molecule has 3 fully saturated rings. The Labute approximate surface area is 183 Å².